The van der Waals surface area contributed by atoms with Crippen molar-refractivity contribution >= 4 is 5.69 Å². The van der Waals surface area contributed by atoms with E-state index in [0.717, 1.165) is 5.69 Å². The van der Waals surface area contributed by atoms with Gasteiger partial charge in [0.15, 0.2) is 0 Å². The molecule has 1 aromatic carbocycles. The first kappa shape index (κ1) is 10.2. The maximum Gasteiger partial charge on any atom is 0.106 e. The van der Waals surface area contributed by atoms with E-state index in [2.05, 4.69) is 12.0 Å². The molecule has 70 valence electrons. The monoisotopic (exact) mass is 184 g/mol. The van der Waals surface area contributed by atoms with Gasteiger partial charge in [-0.05, 0) is 19.1 Å². The molecule has 0 unspecified atom stereocenters. The van der Waals surface area contributed by atoms with E-state index in [9.17, 15) is 0 Å². The number of nitrogens with zero attached hydrogens (tertiary/aromatic N) is 2. The normalized spacial score (nSPS) is 8.79. The molecule has 2 heteroatoms. The summed E-state index contributed by atoms with van der Waals surface area (Å²) >= 11 is 0. The first-order valence-corrected chi connectivity index (χ1v) is 4.40. The number of terminal acetylenes is 1. The molecule has 14 heavy (non-hydrogen) atoms. The molecule has 2 nitrogen and oxygen atoms in total. The highest BCUT2D eigenvalue weighted by molar-refractivity contribution is 5.49. The molecule has 0 amide bonds. The summed E-state index contributed by atoms with van der Waals surface area (Å²) in [6.07, 6.45) is 5.23. The first-order chi connectivity index (χ1) is 6.77. The van der Waals surface area contributed by atoms with Crippen molar-refractivity contribution in [1.29, 1.82) is 5.26 Å². The third-order valence-corrected chi connectivity index (χ3v) is 1.94. The van der Waals surface area contributed by atoms with Crippen molar-refractivity contribution in [2.24, 2.45) is 0 Å². The van der Waals surface area contributed by atoms with E-state index < -0.39 is 0 Å². The van der Waals surface area contributed by atoms with Crippen molar-refractivity contribution in [3.8, 4) is 18.4 Å². The van der Waals surface area contributed by atoms with Crippen molar-refractivity contribution in [3.63, 3.8) is 0 Å². The van der Waals surface area contributed by atoms with E-state index >= 15 is 0 Å². The molecule has 0 bridgehead atoms. The summed E-state index contributed by atoms with van der Waals surface area (Å²) in [7, 11) is 0. The van der Waals surface area contributed by atoms with E-state index in [1.807, 2.05) is 36.1 Å². The van der Waals surface area contributed by atoms with Crippen LogP contribution in [0.1, 0.15) is 5.56 Å². The second kappa shape index (κ2) is 4.94. The zero-order valence-electron chi connectivity index (χ0n) is 8.20. The minimum atomic E-state index is 0.327. The quantitative estimate of drug-likeness (QED) is 0.530. The second-order valence-corrected chi connectivity index (χ2v) is 3.05. The Bertz CT molecular complexity index is 349. The van der Waals surface area contributed by atoms with Gasteiger partial charge >= 0.3 is 0 Å². The molecule has 0 saturated heterocycles. The van der Waals surface area contributed by atoms with Crippen LogP contribution in [0.2, 0.25) is 0 Å². The van der Waals surface area contributed by atoms with Crippen LogP contribution in [0.3, 0.4) is 0 Å². The van der Waals surface area contributed by atoms with Gasteiger partial charge in [-0.25, -0.2) is 0 Å². The van der Waals surface area contributed by atoms with Crippen LogP contribution in [0, 0.1) is 30.6 Å². The minimum Gasteiger partial charge on any atom is -0.347 e. The predicted octanol–water partition coefficient (Wildman–Crippen LogP) is 1.96. The molecule has 0 heterocycles. The standard InChI is InChI=1S/C12H12N2/c1-3-9-14(10-8-13)12-6-4-11(2)5-7-12/h1,4-7H,9-10H2,2H3. The van der Waals surface area contributed by atoms with Crippen LogP contribution < -0.4 is 4.90 Å². The molecule has 0 N–H and O–H groups in total. The van der Waals surface area contributed by atoms with Gasteiger partial charge in [-0.15, -0.1) is 6.42 Å². The molecular formula is C12H12N2. The van der Waals surface area contributed by atoms with Gasteiger partial charge in [-0.3, -0.25) is 0 Å². The van der Waals surface area contributed by atoms with E-state index in [1.165, 1.54) is 5.56 Å². The van der Waals surface area contributed by atoms with Crippen molar-refractivity contribution in [2.45, 2.75) is 6.92 Å². The smallest absolute Gasteiger partial charge is 0.106 e. The fourth-order valence-electron chi connectivity index (χ4n) is 1.19. The molecule has 1 rings (SSSR count). The van der Waals surface area contributed by atoms with Crippen molar-refractivity contribution in [1.82, 2.24) is 0 Å². The molecule has 0 fully saturated rings. The Morgan fingerprint density at radius 3 is 2.43 bits per heavy atom. The Hall–Kier alpha value is -1.93. The largest absolute Gasteiger partial charge is 0.347 e. The van der Waals surface area contributed by atoms with E-state index in [1.54, 1.807) is 0 Å². The zero-order chi connectivity index (χ0) is 10.4. The number of hydrogen-bond donors (Lipinski definition) is 0. The highest BCUT2D eigenvalue weighted by Crippen LogP contribution is 2.13. The first-order valence-electron chi connectivity index (χ1n) is 4.40. The molecule has 0 spiro atoms. The summed E-state index contributed by atoms with van der Waals surface area (Å²) < 4.78 is 0. The number of benzene rings is 1. The molecule has 0 atom stereocenters. The van der Waals surface area contributed by atoms with Gasteiger partial charge in [0.2, 0.25) is 0 Å². The Labute approximate surface area is 84.8 Å². The van der Waals surface area contributed by atoms with Gasteiger partial charge in [0.05, 0.1) is 12.6 Å². The summed E-state index contributed by atoms with van der Waals surface area (Å²) in [5.41, 5.74) is 2.20. The molecule has 1 aromatic rings. The number of rotatable bonds is 3. The van der Waals surface area contributed by atoms with E-state index in [-0.39, 0.29) is 0 Å². The highest BCUT2D eigenvalue weighted by atomic mass is 15.1. The maximum absolute atomic E-state index is 8.62. The molecule has 0 saturated carbocycles. The summed E-state index contributed by atoms with van der Waals surface area (Å²) in [4.78, 5) is 1.86. The molecular weight excluding hydrogens is 172 g/mol. The van der Waals surface area contributed by atoms with E-state index in [4.69, 9.17) is 11.7 Å². The summed E-state index contributed by atoms with van der Waals surface area (Å²) in [6.45, 7) is 2.82. The van der Waals surface area contributed by atoms with Gasteiger partial charge in [0.1, 0.15) is 6.54 Å². The fourth-order valence-corrected chi connectivity index (χ4v) is 1.19. The topological polar surface area (TPSA) is 27.0 Å². The molecule has 0 aliphatic rings. The van der Waals surface area contributed by atoms with Crippen LogP contribution >= 0.6 is 0 Å². The molecule has 0 radical (unpaired) electrons. The van der Waals surface area contributed by atoms with Gasteiger partial charge in [0.25, 0.3) is 0 Å². The molecule has 0 aliphatic carbocycles. The van der Waals surface area contributed by atoms with Crippen LogP contribution in [-0.2, 0) is 0 Å². The highest BCUT2D eigenvalue weighted by Gasteiger charge is 2.02. The van der Waals surface area contributed by atoms with Crippen molar-refractivity contribution in [2.75, 3.05) is 18.0 Å². The summed E-state index contributed by atoms with van der Waals surface area (Å²) in [6, 6.07) is 10.1. The van der Waals surface area contributed by atoms with Crippen LogP contribution in [0.15, 0.2) is 24.3 Å². The zero-order valence-corrected chi connectivity index (χ0v) is 8.20. The van der Waals surface area contributed by atoms with Gasteiger partial charge < -0.3 is 4.90 Å². The van der Waals surface area contributed by atoms with E-state index in [0.29, 0.717) is 13.1 Å². The summed E-state index contributed by atoms with van der Waals surface area (Å²) in [5.74, 6) is 2.54. The lowest BCUT2D eigenvalue weighted by Gasteiger charge is -2.18. The number of aryl methyl sites for hydroxylation is 1. The SMILES string of the molecule is C#CCN(CC#N)c1ccc(C)cc1. The molecule has 0 aliphatic heterocycles. The third-order valence-electron chi connectivity index (χ3n) is 1.94. The summed E-state index contributed by atoms with van der Waals surface area (Å²) in [5, 5.41) is 8.62. The van der Waals surface area contributed by atoms with Crippen LogP contribution in [0.5, 0.6) is 0 Å². The van der Waals surface area contributed by atoms with Crippen LogP contribution in [0.4, 0.5) is 5.69 Å². The average molecular weight is 184 g/mol. The minimum absolute atomic E-state index is 0.327. The van der Waals surface area contributed by atoms with Crippen LogP contribution in [0.25, 0.3) is 0 Å². The Balaban J connectivity index is 2.84. The Morgan fingerprint density at radius 2 is 1.93 bits per heavy atom. The van der Waals surface area contributed by atoms with Gasteiger partial charge in [0, 0.05) is 5.69 Å². The average Bonchev–Trinajstić information content (AvgIpc) is 2.19. The van der Waals surface area contributed by atoms with Gasteiger partial charge in [-0.2, -0.15) is 5.26 Å². The number of hydrogen-bond acceptors (Lipinski definition) is 2. The number of nitriles is 1. The lowest BCUT2D eigenvalue weighted by molar-refractivity contribution is 0.975. The number of anilines is 1. The van der Waals surface area contributed by atoms with Crippen molar-refractivity contribution < 1.29 is 0 Å². The second-order valence-electron chi connectivity index (χ2n) is 3.05. The maximum atomic E-state index is 8.62. The fraction of sp³-hybridized carbons (Fsp3) is 0.250. The Kier molecular flexibility index (Phi) is 3.58. The predicted molar refractivity (Wildman–Crippen MR) is 57.8 cm³/mol. The van der Waals surface area contributed by atoms with Gasteiger partial charge in [-0.1, -0.05) is 23.6 Å². The van der Waals surface area contributed by atoms with Crippen molar-refractivity contribution in [3.05, 3.63) is 29.8 Å². The lowest BCUT2D eigenvalue weighted by atomic mass is 10.2. The third kappa shape index (κ3) is 2.54. The van der Waals surface area contributed by atoms with Crippen LogP contribution in [-0.4, -0.2) is 13.1 Å². The lowest BCUT2D eigenvalue weighted by Crippen LogP contribution is -2.23. The molecule has 0 aromatic heterocycles. The Morgan fingerprint density at radius 1 is 1.29 bits per heavy atom.